The predicted molar refractivity (Wildman–Crippen MR) is 137 cm³/mol. The fraction of sp³-hybridized carbons (Fsp3) is 0.160. The van der Waals surface area contributed by atoms with Crippen molar-refractivity contribution in [2.24, 2.45) is 0 Å². The van der Waals surface area contributed by atoms with E-state index in [2.05, 4.69) is 45.6 Å². The van der Waals surface area contributed by atoms with Crippen LogP contribution < -0.4 is 15.4 Å². The summed E-state index contributed by atoms with van der Waals surface area (Å²) in [4.78, 5) is 13.0. The SMILES string of the molecule is CCc1ccc(N[C@H]2NC(=O)/C(=C/c3cc(Cl)c(OCc4ccccc4F)c(Br)c3)S2)cc1. The number of ether oxygens (including phenoxy) is 1. The molecule has 4 nitrogen and oxygen atoms in total. The average Bonchev–Trinajstić information content (AvgIpc) is 3.13. The lowest BCUT2D eigenvalue weighted by atomic mass is 10.1. The van der Waals surface area contributed by atoms with Gasteiger partial charge in [-0.3, -0.25) is 4.79 Å². The molecule has 8 heteroatoms. The summed E-state index contributed by atoms with van der Waals surface area (Å²) in [6.07, 6.45) is 2.76. The quantitative estimate of drug-likeness (QED) is 0.313. The van der Waals surface area contributed by atoms with Crippen LogP contribution in [0.3, 0.4) is 0 Å². The summed E-state index contributed by atoms with van der Waals surface area (Å²) >= 11 is 11.3. The van der Waals surface area contributed by atoms with Gasteiger partial charge in [0.1, 0.15) is 12.4 Å². The van der Waals surface area contributed by atoms with Crippen LogP contribution in [0.15, 0.2) is 70.0 Å². The first-order valence-corrected chi connectivity index (χ1v) is 12.4. The van der Waals surface area contributed by atoms with Crippen molar-refractivity contribution in [3.05, 3.63) is 97.6 Å². The smallest absolute Gasteiger partial charge is 0.260 e. The van der Waals surface area contributed by atoms with Gasteiger partial charge in [-0.1, -0.05) is 60.6 Å². The molecular weight excluding hydrogens is 527 g/mol. The number of aryl methyl sites for hydroxylation is 1. The fourth-order valence-corrected chi connectivity index (χ4v) is 5.24. The van der Waals surface area contributed by atoms with Gasteiger partial charge in [-0.15, -0.1) is 0 Å². The maximum absolute atomic E-state index is 13.8. The Bertz CT molecular complexity index is 1180. The van der Waals surface area contributed by atoms with Gasteiger partial charge in [0.2, 0.25) is 0 Å². The van der Waals surface area contributed by atoms with E-state index in [1.807, 2.05) is 18.2 Å². The second kappa shape index (κ2) is 10.6. The molecule has 0 radical (unpaired) electrons. The zero-order valence-corrected chi connectivity index (χ0v) is 20.9. The first-order chi connectivity index (χ1) is 15.9. The van der Waals surface area contributed by atoms with Crippen molar-refractivity contribution in [2.75, 3.05) is 5.32 Å². The highest BCUT2D eigenvalue weighted by Crippen LogP contribution is 2.37. The van der Waals surface area contributed by atoms with Gasteiger partial charge in [-0.25, -0.2) is 4.39 Å². The highest BCUT2D eigenvalue weighted by Gasteiger charge is 2.27. The third kappa shape index (κ3) is 5.91. The van der Waals surface area contributed by atoms with Crippen LogP contribution >= 0.6 is 39.3 Å². The summed E-state index contributed by atoms with van der Waals surface area (Å²) < 4.78 is 20.2. The lowest BCUT2D eigenvalue weighted by Gasteiger charge is -2.13. The summed E-state index contributed by atoms with van der Waals surface area (Å²) in [5, 5.41) is 6.60. The maximum Gasteiger partial charge on any atom is 0.260 e. The molecule has 2 N–H and O–H groups in total. The molecule has 1 aliphatic rings. The Balaban J connectivity index is 1.44. The van der Waals surface area contributed by atoms with Crippen LogP contribution in [-0.4, -0.2) is 11.4 Å². The number of nitrogens with one attached hydrogen (secondary N) is 2. The average molecular weight is 548 g/mol. The van der Waals surface area contributed by atoms with Crippen molar-refractivity contribution in [3.63, 3.8) is 0 Å². The van der Waals surface area contributed by atoms with Crippen LogP contribution in [-0.2, 0) is 17.8 Å². The summed E-state index contributed by atoms with van der Waals surface area (Å²) in [5.74, 6) is -0.0738. The Morgan fingerprint density at radius 3 is 2.67 bits per heavy atom. The van der Waals surface area contributed by atoms with Crippen LogP contribution in [0, 0.1) is 5.82 Å². The van der Waals surface area contributed by atoms with Crippen molar-refractivity contribution in [2.45, 2.75) is 25.4 Å². The minimum atomic E-state index is -0.333. The number of thioether (sulfide) groups is 1. The molecule has 0 spiro atoms. The number of hydrogen-bond donors (Lipinski definition) is 2. The largest absolute Gasteiger partial charge is 0.486 e. The molecule has 1 atom stereocenters. The molecule has 1 saturated heterocycles. The first kappa shape index (κ1) is 23.7. The number of benzene rings is 3. The summed E-state index contributed by atoms with van der Waals surface area (Å²) in [5.41, 5.74) is 3.12. The maximum atomic E-state index is 13.8. The summed E-state index contributed by atoms with van der Waals surface area (Å²) in [6.45, 7) is 2.16. The number of rotatable bonds is 7. The Hall–Kier alpha value is -2.48. The molecule has 1 amide bonds. The second-order valence-corrected chi connectivity index (χ2v) is 9.78. The van der Waals surface area contributed by atoms with Crippen LogP contribution in [0.1, 0.15) is 23.6 Å². The number of hydrogen-bond acceptors (Lipinski definition) is 4. The molecule has 1 fully saturated rings. The molecule has 0 bridgehead atoms. The van der Waals surface area contributed by atoms with E-state index in [4.69, 9.17) is 16.3 Å². The van der Waals surface area contributed by atoms with Crippen molar-refractivity contribution in [1.29, 1.82) is 0 Å². The van der Waals surface area contributed by atoms with Gasteiger partial charge in [-0.2, -0.15) is 0 Å². The summed E-state index contributed by atoms with van der Waals surface area (Å²) in [6, 6.07) is 18.1. The molecule has 170 valence electrons. The molecule has 4 rings (SSSR count). The Morgan fingerprint density at radius 1 is 1.21 bits per heavy atom. The topological polar surface area (TPSA) is 50.4 Å². The van der Waals surface area contributed by atoms with Gasteiger partial charge in [0, 0.05) is 11.3 Å². The number of anilines is 1. The molecule has 0 aliphatic carbocycles. The van der Waals surface area contributed by atoms with Gasteiger partial charge in [0.15, 0.2) is 11.2 Å². The fourth-order valence-electron chi connectivity index (χ4n) is 3.27. The van der Waals surface area contributed by atoms with Crippen LogP contribution in [0.4, 0.5) is 10.1 Å². The minimum Gasteiger partial charge on any atom is -0.486 e. The third-order valence-corrected chi connectivity index (χ3v) is 6.94. The highest BCUT2D eigenvalue weighted by atomic mass is 79.9. The normalized spacial score (nSPS) is 16.7. The lowest BCUT2D eigenvalue weighted by Crippen LogP contribution is -2.30. The molecule has 3 aromatic carbocycles. The van der Waals surface area contributed by atoms with E-state index in [1.54, 1.807) is 30.3 Å². The molecular formula is C25H21BrClFN2O2S. The zero-order chi connectivity index (χ0) is 23.4. The molecule has 0 aromatic heterocycles. The molecule has 0 saturated carbocycles. The van der Waals surface area contributed by atoms with Crippen molar-refractivity contribution >= 4 is 57.0 Å². The van der Waals surface area contributed by atoms with Crippen LogP contribution in [0.2, 0.25) is 5.02 Å². The number of halogens is 3. The molecule has 1 aliphatic heterocycles. The van der Waals surface area contributed by atoms with Crippen molar-refractivity contribution in [1.82, 2.24) is 5.32 Å². The first-order valence-electron chi connectivity index (χ1n) is 10.3. The number of carbonyl (C=O) groups excluding carboxylic acids is 1. The Kier molecular flexibility index (Phi) is 7.63. The minimum absolute atomic E-state index is 0.0519. The van der Waals surface area contributed by atoms with Crippen LogP contribution in [0.25, 0.3) is 6.08 Å². The molecule has 0 unspecified atom stereocenters. The van der Waals surface area contributed by atoms with Gasteiger partial charge in [0.05, 0.1) is 14.4 Å². The van der Waals surface area contributed by atoms with Gasteiger partial charge < -0.3 is 15.4 Å². The molecule has 1 heterocycles. The zero-order valence-electron chi connectivity index (χ0n) is 17.7. The third-order valence-electron chi connectivity index (χ3n) is 5.04. The van der Waals surface area contributed by atoms with Gasteiger partial charge in [-0.05, 0) is 69.9 Å². The van der Waals surface area contributed by atoms with Crippen molar-refractivity contribution < 1.29 is 13.9 Å². The molecule has 33 heavy (non-hydrogen) atoms. The van der Waals surface area contributed by atoms with E-state index < -0.39 is 0 Å². The van der Waals surface area contributed by atoms with E-state index in [0.717, 1.165) is 17.7 Å². The van der Waals surface area contributed by atoms with Gasteiger partial charge in [0.25, 0.3) is 5.91 Å². The Labute approximate surface area is 209 Å². The van der Waals surface area contributed by atoms with Crippen molar-refractivity contribution in [3.8, 4) is 5.75 Å². The van der Waals surface area contributed by atoms with Crippen LogP contribution in [0.5, 0.6) is 5.75 Å². The van der Waals surface area contributed by atoms with E-state index in [9.17, 15) is 9.18 Å². The second-order valence-electron chi connectivity index (χ2n) is 7.37. The van der Waals surface area contributed by atoms with Gasteiger partial charge >= 0.3 is 0 Å². The van der Waals surface area contributed by atoms with E-state index in [-0.39, 0.29) is 23.8 Å². The monoisotopic (exact) mass is 546 g/mol. The lowest BCUT2D eigenvalue weighted by molar-refractivity contribution is -0.116. The predicted octanol–water partition coefficient (Wildman–Crippen LogP) is 6.98. The van der Waals surface area contributed by atoms with E-state index in [1.165, 1.54) is 23.4 Å². The van der Waals surface area contributed by atoms with E-state index >= 15 is 0 Å². The number of amides is 1. The Morgan fingerprint density at radius 2 is 1.97 bits per heavy atom. The number of carbonyl (C=O) groups is 1. The highest BCUT2D eigenvalue weighted by molar-refractivity contribution is 9.10. The molecule has 3 aromatic rings. The summed E-state index contributed by atoms with van der Waals surface area (Å²) in [7, 11) is 0. The van der Waals surface area contributed by atoms with E-state index in [0.29, 0.717) is 25.7 Å². The standard InChI is InChI=1S/C25H21BrClFN2O2S/c1-2-15-7-9-18(10-8-15)29-25-30-24(31)22(33-25)13-16-11-19(26)23(20(27)12-16)32-14-17-5-3-4-6-21(17)28/h3-13,25,29H,2,14H2,1H3,(H,30,31)/b22-13-/t25-/m0/s1.